The molecule has 116 valence electrons. The van der Waals surface area contributed by atoms with Gasteiger partial charge in [0, 0.05) is 6.61 Å². The Morgan fingerprint density at radius 2 is 1.75 bits per heavy atom. The van der Waals surface area contributed by atoms with Crippen molar-refractivity contribution in [1.82, 2.24) is 0 Å². The van der Waals surface area contributed by atoms with Crippen LogP contribution in [0.4, 0.5) is 8.78 Å². The number of hydrogen-bond donors (Lipinski definition) is 1. The van der Waals surface area contributed by atoms with Crippen LogP contribution in [0.1, 0.15) is 12.5 Å². The second kappa shape index (κ2) is 9.62. The Bertz CT molecular complexity index is 459. The number of halogens is 2. The SMILES string of the molecule is CCO.CS(=O)(=O)OCCc1ccc(OC(F)F)cc1. The van der Waals surface area contributed by atoms with Crippen molar-refractivity contribution >= 4 is 10.1 Å². The fourth-order valence-electron chi connectivity index (χ4n) is 1.15. The standard InChI is InChI=1S/C10H12F2O4S.C2H6O/c1-17(13,14)15-7-6-8-2-4-9(5-3-8)16-10(11)12;1-2-3/h2-5,10H,6-7H2,1H3;3H,2H2,1H3. The number of alkyl halides is 2. The zero-order valence-corrected chi connectivity index (χ0v) is 12.1. The molecular weight excluding hydrogens is 294 g/mol. The van der Waals surface area contributed by atoms with E-state index in [1.807, 2.05) is 0 Å². The van der Waals surface area contributed by atoms with Gasteiger partial charge in [0.15, 0.2) is 0 Å². The minimum absolute atomic E-state index is 0.0217. The number of aliphatic hydroxyl groups excluding tert-OH is 1. The minimum Gasteiger partial charge on any atom is -0.435 e. The number of ether oxygens (including phenoxy) is 1. The molecule has 1 rings (SSSR count). The largest absolute Gasteiger partial charge is 0.435 e. The van der Waals surface area contributed by atoms with Crippen molar-refractivity contribution in [3.63, 3.8) is 0 Å². The summed E-state index contributed by atoms with van der Waals surface area (Å²) in [6.45, 7) is -0.900. The van der Waals surface area contributed by atoms with Gasteiger partial charge in [-0.05, 0) is 31.0 Å². The van der Waals surface area contributed by atoms with Crippen molar-refractivity contribution in [3.8, 4) is 5.75 Å². The van der Waals surface area contributed by atoms with Crippen LogP contribution in [0, 0.1) is 0 Å². The van der Waals surface area contributed by atoms with E-state index in [0.29, 0.717) is 6.42 Å². The van der Waals surface area contributed by atoms with E-state index in [1.54, 1.807) is 19.1 Å². The van der Waals surface area contributed by atoms with Gasteiger partial charge in [-0.2, -0.15) is 17.2 Å². The highest BCUT2D eigenvalue weighted by Gasteiger charge is 2.04. The first-order valence-electron chi connectivity index (χ1n) is 5.77. The summed E-state index contributed by atoms with van der Waals surface area (Å²) in [7, 11) is -3.44. The molecule has 0 bridgehead atoms. The molecule has 0 amide bonds. The van der Waals surface area contributed by atoms with Crippen molar-refractivity contribution < 1.29 is 31.2 Å². The average Bonchev–Trinajstić information content (AvgIpc) is 2.30. The molecule has 8 heteroatoms. The van der Waals surface area contributed by atoms with E-state index < -0.39 is 16.7 Å². The van der Waals surface area contributed by atoms with E-state index in [0.717, 1.165) is 11.8 Å². The molecule has 5 nitrogen and oxygen atoms in total. The third-order valence-corrected chi connectivity index (χ3v) is 2.43. The van der Waals surface area contributed by atoms with Gasteiger partial charge in [-0.25, -0.2) is 0 Å². The first-order chi connectivity index (χ1) is 9.28. The molecular formula is C12H18F2O5S. The van der Waals surface area contributed by atoms with Gasteiger partial charge in [-0.15, -0.1) is 0 Å². The van der Waals surface area contributed by atoms with E-state index >= 15 is 0 Å². The van der Waals surface area contributed by atoms with Gasteiger partial charge >= 0.3 is 6.61 Å². The molecule has 0 aliphatic heterocycles. The second-order valence-corrected chi connectivity index (χ2v) is 5.26. The van der Waals surface area contributed by atoms with Crippen LogP contribution in [0.5, 0.6) is 5.75 Å². The van der Waals surface area contributed by atoms with Crippen molar-refractivity contribution in [2.75, 3.05) is 19.5 Å². The van der Waals surface area contributed by atoms with E-state index in [2.05, 4.69) is 8.92 Å². The van der Waals surface area contributed by atoms with E-state index in [4.69, 9.17) is 5.11 Å². The molecule has 0 aromatic heterocycles. The van der Waals surface area contributed by atoms with Crippen LogP contribution in [0.25, 0.3) is 0 Å². The van der Waals surface area contributed by atoms with Crippen molar-refractivity contribution in [2.45, 2.75) is 20.0 Å². The van der Waals surface area contributed by atoms with Crippen LogP contribution in [0.15, 0.2) is 24.3 Å². The molecule has 0 spiro atoms. The molecule has 0 fully saturated rings. The van der Waals surface area contributed by atoms with Gasteiger partial charge in [0.2, 0.25) is 0 Å². The first kappa shape index (κ1) is 18.8. The molecule has 0 heterocycles. The Morgan fingerprint density at radius 1 is 1.25 bits per heavy atom. The molecule has 20 heavy (non-hydrogen) atoms. The average molecular weight is 312 g/mol. The zero-order chi connectivity index (χ0) is 15.6. The van der Waals surface area contributed by atoms with Gasteiger partial charge in [-0.1, -0.05) is 12.1 Å². The summed E-state index contributed by atoms with van der Waals surface area (Å²) in [5.41, 5.74) is 0.773. The number of benzene rings is 1. The Labute approximate surface area is 117 Å². The molecule has 0 aliphatic carbocycles. The summed E-state index contributed by atoms with van der Waals surface area (Å²) >= 11 is 0. The number of rotatable bonds is 6. The summed E-state index contributed by atoms with van der Waals surface area (Å²) < 4.78 is 53.8. The molecule has 0 unspecified atom stereocenters. The highest BCUT2D eigenvalue weighted by molar-refractivity contribution is 7.85. The van der Waals surface area contributed by atoms with Crippen LogP contribution >= 0.6 is 0 Å². The third-order valence-electron chi connectivity index (χ3n) is 1.84. The van der Waals surface area contributed by atoms with E-state index in [-0.39, 0.29) is 19.0 Å². The molecule has 0 atom stereocenters. The normalized spacial score (nSPS) is 10.9. The van der Waals surface area contributed by atoms with Gasteiger partial charge in [0.1, 0.15) is 5.75 Å². The third kappa shape index (κ3) is 10.7. The fourth-order valence-corrected chi connectivity index (χ4v) is 1.53. The maximum Gasteiger partial charge on any atom is 0.387 e. The second-order valence-electron chi connectivity index (χ2n) is 3.61. The van der Waals surface area contributed by atoms with Gasteiger partial charge in [-0.3, -0.25) is 4.18 Å². The number of aliphatic hydroxyl groups is 1. The Hall–Kier alpha value is -1.25. The summed E-state index contributed by atoms with van der Waals surface area (Å²) in [6, 6.07) is 5.93. The summed E-state index contributed by atoms with van der Waals surface area (Å²) in [5.74, 6) is 0.0628. The van der Waals surface area contributed by atoms with Gasteiger partial charge < -0.3 is 9.84 Å². The minimum atomic E-state index is -3.44. The summed E-state index contributed by atoms with van der Waals surface area (Å²) in [5, 5.41) is 7.57. The quantitative estimate of drug-likeness (QED) is 0.811. The van der Waals surface area contributed by atoms with Gasteiger partial charge in [0.05, 0.1) is 12.9 Å². The zero-order valence-electron chi connectivity index (χ0n) is 11.3. The van der Waals surface area contributed by atoms with Crippen molar-refractivity contribution in [2.24, 2.45) is 0 Å². The first-order valence-corrected chi connectivity index (χ1v) is 7.59. The van der Waals surface area contributed by atoms with Crippen LogP contribution in [0.3, 0.4) is 0 Å². The van der Waals surface area contributed by atoms with Crippen LogP contribution < -0.4 is 4.74 Å². The smallest absolute Gasteiger partial charge is 0.387 e. The Kier molecular flexibility index (Phi) is 9.02. The molecule has 1 aromatic rings. The topological polar surface area (TPSA) is 72.8 Å². The van der Waals surface area contributed by atoms with Crippen molar-refractivity contribution in [3.05, 3.63) is 29.8 Å². The predicted octanol–water partition coefficient (Wildman–Crippen LogP) is 1.81. The summed E-state index contributed by atoms with van der Waals surface area (Å²) in [4.78, 5) is 0. The lowest BCUT2D eigenvalue weighted by Gasteiger charge is -2.05. The van der Waals surface area contributed by atoms with Crippen LogP contribution in [-0.4, -0.2) is 39.6 Å². The highest BCUT2D eigenvalue weighted by Crippen LogP contribution is 2.15. The van der Waals surface area contributed by atoms with Crippen molar-refractivity contribution in [1.29, 1.82) is 0 Å². The molecule has 1 aromatic carbocycles. The Balaban J connectivity index is 0.00000110. The van der Waals surface area contributed by atoms with Crippen LogP contribution in [-0.2, 0) is 20.7 Å². The monoisotopic (exact) mass is 312 g/mol. The molecule has 0 saturated heterocycles. The van der Waals surface area contributed by atoms with E-state index in [1.165, 1.54) is 12.1 Å². The lowest BCUT2D eigenvalue weighted by molar-refractivity contribution is -0.0498. The van der Waals surface area contributed by atoms with Crippen LogP contribution in [0.2, 0.25) is 0 Å². The molecule has 0 radical (unpaired) electrons. The maximum absolute atomic E-state index is 11.8. The predicted molar refractivity (Wildman–Crippen MR) is 70.3 cm³/mol. The van der Waals surface area contributed by atoms with E-state index in [9.17, 15) is 17.2 Å². The molecule has 1 N–H and O–H groups in total. The highest BCUT2D eigenvalue weighted by atomic mass is 32.2. The molecule has 0 aliphatic rings. The number of hydrogen-bond acceptors (Lipinski definition) is 5. The van der Waals surface area contributed by atoms with Gasteiger partial charge in [0.25, 0.3) is 10.1 Å². The summed E-state index contributed by atoms with van der Waals surface area (Å²) in [6.07, 6.45) is 1.34. The fraction of sp³-hybridized carbons (Fsp3) is 0.500. The molecule has 0 saturated carbocycles. The lowest BCUT2D eigenvalue weighted by Crippen LogP contribution is -2.06. The Morgan fingerprint density at radius 3 is 2.15 bits per heavy atom. The lowest BCUT2D eigenvalue weighted by atomic mass is 10.1. The maximum atomic E-state index is 11.8.